The second-order valence-electron chi connectivity index (χ2n) is 4.12. The fourth-order valence-corrected chi connectivity index (χ4v) is 2.59. The van der Waals surface area contributed by atoms with Gasteiger partial charge in [-0.25, -0.2) is 0 Å². The van der Waals surface area contributed by atoms with Gasteiger partial charge in [-0.05, 0) is 30.8 Å². The summed E-state index contributed by atoms with van der Waals surface area (Å²) in [4.78, 5) is 11.2. The molecule has 2 atom stereocenters. The molecule has 0 fully saturated rings. The number of rotatable bonds is 9. The molecular formula is C12H25NO2S. The van der Waals surface area contributed by atoms with E-state index in [9.17, 15) is 4.79 Å². The molecule has 0 spiro atoms. The first-order valence-corrected chi connectivity index (χ1v) is 7.27. The Hall–Kier alpha value is -0.220. The molecule has 96 valence electrons. The Bertz CT molecular complexity index is 188. The lowest BCUT2D eigenvalue weighted by Crippen LogP contribution is -2.32. The molecular weight excluding hydrogens is 222 g/mol. The van der Waals surface area contributed by atoms with Crippen molar-refractivity contribution in [2.75, 3.05) is 18.1 Å². The van der Waals surface area contributed by atoms with Crippen LogP contribution in [0.3, 0.4) is 0 Å². The van der Waals surface area contributed by atoms with Crippen molar-refractivity contribution in [1.29, 1.82) is 0 Å². The van der Waals surface area contributed by atoms with Crippen molar-refractivity contribution in [2.24, 2.45) is 11.7 Å². The SMILES string of the molecule is CCCC(C)CSCCC(N)C(=O)OCC. The number of ether oxygens (including phenoxy) is 1. The zero-order valence-electron chi connectivity index (χ0n) is 10.7. The molecule has 0 radical (unpaired) electrons. The van der Waals surface area contributed by atoms with Crippen molar-refractivity contribution in [3.8, 4) is 0 Å². The van der Waals surface area contributed by atoms with Crippen LogP contribution in [-0.4, -0.2) is 30.1 Å². The summed E-state index contributed by atoms with van der Waals surface area (Å²) >= 11 is 1.88. The summed E-state index contributed by atoms with van der Waals surface area (Å²) in [6.45, 7) is 6.68. The number of esters is 1. The molecule has 0 aromatic heterocycles. The molecule has 0 aliphatic rings. The highest BCUT2D eigenvalue weighted by Gasteiger charge is 2.13. The first kappa shape index (κ1) is 15.8. The summed E-state index contributed by atoms with van der Waals surface area (Å²) in [5.74, 6) is 2.58. The summed E-state index contributed by atoms with van der Waals surface area (Å²) in [7, 11) is 0. The highest BCUT2D eigenvalue weighted by molar-refractivity contribution is 7.99. The minimum atomic E-state index is -0.450. The van der Waals surface area contributed by atoms with E-state index >= 15 is 0 Å². The van der Waals surface area contributed by atoms with Crippen LogP contribution in [0.4, 0.5) is 0 Å². The van der Waals surface area contributed by atoms with Crippen molar-refractivity contribution < 1.29 is 9.53 Å². The zero-order chi connectivity index (χ0) is 12.4. The maximum Gasteiger partial charge on any atom is 0.322 e. The maximum absolute atomic E-state index is 11.2. The largest absolute Gasteiger partial charge is 0.465 e. The van der Waals surface area contributed by atoms with Crippen LogP contribution in [0, 0.1) is 5.92 Å². The van der Waals surface area contributed by atoms with Crippen molar-refractivity contribution in [3.63, 3.8) is 0 Å². The Labute approximate surface area is 103 Å². The normalized spacial score (nSPS) is 14.5. The predicted octanol–water partition coefficient (Wildman–Crippen LogP) is 2.44. The van der Waals surface area contributed by atoms with Crippen LogP contribution in [0.15, 0.2) is 0 Å². The lowest BCUT2D eigenvalue weighted by molar-refractivity contribution is -0.144. The van der Waals surface area contributed by atoms with Gasteiger partial charge in [0, 0.05) is 0 Å². The molecule has 0 heterocycles. The van der Waals surface area contributed by atoms with Crippen LogP contribution in [0.2, 0.25) is 0 Å². The van der Waals surface area contributed by atoms with Crippen LogP contribution in [0.5, 0.6) is 0 Å². The molecule has 0 aromatic rings. The summed E-state index contributed by atoms with van der Waals surface area (Å²) in [6.07, 6.45) is 3.23. The van der Waals surface area contributed by atoms with Crippen molar-refractivity contribution in [1.82, 2.24) is 0 Å². The average Bonchev–Trinajstić information content (AvgIpc) is 2.24. The van der Waals surface area contributed by atoms with Crippen LogP contribution in [-0.2, 0) is 9.53 Å². The van der Waals surface area contributed by atoms with E-state index in [1.807, 2.05) is 11.8 Å². The third kappa shape index (κ3) is 7.99. The Morgan fingerprint density at radius 1 is 1.38 bits per heavy atom. The summed E-state index contributed by atoms with van der Waals surface area (Å²) < 4.78 is 4.85. The van der Waals surface area contributed by atoms with Gasteiger partial charge < -0.3 is 10.5 Å². The number of carbonyl (C=O) groups excluding carboxylic acids is 1. The van der Waals surface area contributed by atoms with E-state index in [2.05, 4.69) is 13.8 Å². The minimum absolute atomic E-state index is 0.273. The van der Waals surface area contributed by atoms with Crippen molar-refractivity contribution in [2.45, 2.75) is 46.1 Å². The van der Waals surface area contributed by atoms with Gasteiger partial charge in [-0.1, -0.05) is 26.7 Å². The highest BCUT2D eigenvalue weighted by atomic mass is 32.2. The van der Waals surface area contributed by atoms with Gasteiger partial charge in [-0.3, -0.25) is 4.79 Å². The minimum Gasteiger partial charge on any atom is -0.465 e. The predicted molar refractivity (Wildman–Crippen MR) is 70.6 cm³/mol. The first-order chi connectivity index (χ1) is 7.61. The molecule has 0 aliphatic heterocycles. The van der Waals surface area contributed by atoms with Crippen molar-refractivity contribution in [3.05, 3.63) is 0 Å². The Morgan fingerprint density at radius 3 is 2.62 bits per heavy atom. The van der Waals surface area contributed by atoms with E-state index in [-0.39, 0.29) is 5.97 Å². The van der Waals surface area contributed by atoms with Crippen molar-refractivity contribution >= 4 is 17.7 Å². The zero-order valence-corrected chi connectivity index (χ0v) is 11.5. The van der Waals surface area contributed by atoms with Gasteiger partial charge in [-0.15, -0.1) is 0 Å². The first-order valence-electron chi connectivity index (χ1n) is 6.11. The number of carbonyl (C=O) groups is 1. The molecule has 0 saturated heterocycles. The Kier molecular flexibility index (Phi) is 9.83. The fourth-order valence-electron chi connectivity index (χ4n) is 1.44. The van der Waals surface area contributed by atoms with Gasteiger partial charge in [-0.2, -0.15) is 11.8 Å². The number of nitrogens with two attached hydrogens (primary N) is 1. The monoisotopic (exact) mass is 247 g/mol. The van der Waals surface area contributed by atoms with E-state index in [0.29, 0.717) is 13.0 Å². The summed E-state index contributed by atoms with van der Waals surface area (Å²) in [5, 5.41) is 0. The smallest absolute Gasteiger partial charge is 0.322 e. The van der Waals surface area contributed by atoms with Gasteiger partial charge in [0.1, 0.15) is 6.04 Å². The van der Waals surface area contributed by atoms with E-state index in [1.165, 1.54) is 12.8 Å². The van der Waals surface area contributed by atoms with Crippen LogP contribution in [0.1, 0.15) is 40.0 Å². The topological polar surface area (TPSA) is 52.3 Å². The van der Waals surface area contributed by atoms with Crippen LogP contribution < -0.4 is 5.73 Å². The lowest BCUT2D eigenvalue weighted by atomic mass is 10.1. The van der Waals surface area contributed by atoms with Gasteiger partial charge in [0.15, 0.2) is 0 Å². The Balaban J connectivity index is 3.47. The number of hydrogen-bond acceptors (Lipinski definition) is 4. The molecule has 16 heavy (non-hydrogen) atoms. The van der Waals surface area contributed by atoms with Gasteiger partial charge >= 0.3 is 5.97 Å². The van der Waals surface area contributed by atoms with E-state index in [0.717, 1.165) is 17.4 Å². The fraction of sp³-hybridized carbons (Fsp3) is 0.917. The summed E-state index contributed by atoms with van der Waals surface area (Å²) in [5.41, 5.74) is 5.69. The quantitative estimate of drug-likeness (QED) is 0.502. The molecule has 2 unspecified atom stereocenters. The Morgan fingerprint density at radius 2 is 2.06 bits per heavy atom. The van der Waals surface area contributed by atoms with Crippen LogP contribution in [0.25, 0.3) is 0 Å². The molecule has 0 aromatic carbocycles. The maximum atomic E-state index is 11.2. The van der Waals surface area contributed by atoms with Gasteiger partial charge in [0.25, 0.3) is 0 Å². The lowest BCUT2D eigenvalue weighted by Gasteiger charge is -2.12. The number of thioether (sulfide) groups is 1. The van der Waals surface area contributed by atoms with E-state index in [1.54, 1.807) is 6.92 Å². The number of hydrogen-bond donors (Lipinski definition) is 1. The second kappa shape index (κ2) is 9.97. The molecule has 2 N–H and O–H groups in total. The van der Waals surface area contributed by atoms with Gasteiger partial charge in [0.2, 0.25) is 0 Å². The summed E-state index contributed by atoms with van der Waals surface area (Å²) in [6, 6.07) is -0.450. The third-order valence-corrected chi connectivity index (χ3v) is 3.68. The second-order valence-corrected chi connectivity index (χ2v) is 5.27. The molecule has 3 nitrogen and oxygen atoms in total. The van der Waals surface area contributed by atoms with Gasteiger partial charge in [0.05, 0.1) is 6.61 Å². The van der Waals surface area contributed by atoms with Crippen LogP contribution >= 0.6 is 11.8 Å². The van der Waals surface area contributed by atoms with E-state index in [4.69, 9.17) is 10.5 Å². The molecule has 0 aliphatic carbocycles. The highest BCUT2D eigenvalue weighted by Crippen LogP contribution is 2.14. The molecule has 0 rings (SSSR count). The standard InChI is InChI=1S/C12H25NO2S/c1-4-6-10(3)9-16-8-7-11(13)12(14)15-5-2/h10-11H,4-9,13H2,1-3H3. The molecule has 0 amide bonds. The average molecular weight is 247 g/mol. The van der Waals surface area contributed by atoms with E-state index < -0.39 is 6.04 Å². The molecule has 0 saturated carbocycles. The third-order valence-electron chi connectivity index (χ3n) is 2.35. The molecule has 4 heteroatoms. The molecule has 0 bridgehead atoms.